The molecule has 0 radical (unpaired) electrons. The quantitative estimate of drug-likeness (QED) is 0.455. The van der Waals surface area contributed by atoms with Crippen molar-refractivity contribution in [1.29, 1.82) is 0 Å². The zero-order valence-corrected chi connectivity index (χ0v) is 17.6. The first kappa shape index (κ1) is 20.9. The summed E-state index contributed by atoms with van der Waals surface area (Å²) >= 11 is 0. The number of rotatable bonds is 4. The highest BCUT2D eigenvalue weighted by atomic mass is 32.2. The van der Waals surface area contributed by atoms with Crippen LogP contribution in [0, 0.1) is 17.0 Å². The van der Waals surface area contributed by atoms with E-state index in [1.54, 1.807) is 18.0 Å². The Bertz CT molecular complexity index is 1280. The summed E-state index contributed by atoms with van der Waals surface area (Å²) in [5.41, 5.74) is 0.494. The molecule has 0 atom stereocenters. The predicted octanol–water partition coefficient (Wildman–Crippen LogP) is 2.60. The molecule has 9 nitrogen and oxygen atoms in total. The van der Waals surface area contributed by atoms with Gasteiger partial charge in [0.05, 0.1) is 9.82 Å². The van der Waals surface area contributed by atoms with Gasteiger partial charge in [0.15, 0.2) is 0 Å². The number of carbonyl (C=O) groups excluding carboxylic acids is 1. The lowest BCUT2D eigenvalue weighted by Gasteiger charge is -2.34. The minimum absolute atomic E-state index is 0.0859. The highest BCUT2D eigenvalue weighted by Gasteiger charge is 2.33. The Balaban J connectivity index is 1.54. The van der Waals surface area contributed by atoms with Crippen LogP contribution in [0.5, 0.6) is 0 Å². The smallest absolute Gasteiger partial charge is 0.273 e. The Hall–Kier alpha value is -3.37. The van der Waals surface area contributed by atoms with Gasteiger partial charge < -0.3 is 4.90 Å². The number of carbonyl (C=O) groups is 1. The number of fused-ring (bicyclic) bond motifs is 1. The summed E-state index contributed by atoms with van der Waals surface area (Å²) < 4.78 is 27.4. The predicted molar refractivity (Wildman–Crippen MR) is 114 cm³/mol. The molecule has 10 heteroatoms. The van der Waals surface area contributed by atoms with Crippen molar-refractivity contribution < 1.29 is 18.1 Å². The fourth-order valence-corrected chi connectivity index (χ4v) is 5.36. The van der Waals surface area contributed by atoms with Crippen molar-refractivity contribution in [3.8, 4) is 0 Å². The van der Waals surface area contributed by atoms with Crippen LogP contribution in [0.2, 0.25) is 0 Å². The van der Waals surface area contributed by atoms with Gasteiger partial charge in [0.25, 0.3) is 11.6 Å². The maximum absolute atomic E-state index is 13.1. The first-order valence-corrected chi connectivity index (χ1v) is 11.1. The Morgan fingerprint density at radius 1 is 1.06 bits per heavy atom. The molecule has 0 spiro atoms. The zero-order chi connectivity index (χ0) is 22.2. The van der Waals surface area contributed by atoms with Gasteiger partial charge in [-0.3, -0.25) is 19.9 Å². The third-order valence-corrected chi connectivity index (χ3v) is 7.44. The highest BCUT2D eigenvalue weighted by molar-refractivity contribution is 7.89. The van der Waals surface area contributed by atoms with E-state index in [9.17, 15) is 23.3 Å². The van der Waals surface area contributed by atoms with Crippen LogP contribution in [0.1, 0.15) is 16.1 Å². The van der Waals surface area contributed by atoms with Crippen molar-refractivity contribution in [3.63, 3.8) is 0 Å². The van der Waals surface area contributed by atoms with Crippen LogP contribution in [-0.2, 0) is 10.0 Å². The number of hydrogen-bond acceptors (Lipinski definition) is 6. The molecule has 1 aromatic heterocycles. The molecule has 0 unspecified atom stereocenters. The van der Waals surface area contributed by atoms with Gasteiger partial charge in [-0.1, -0.05) is 30.3 Å². The van der Waals surface area contributed by atoms with E-state index >= 15 is 0 Å². The van der Waals surface area contributed by atoms with Gasteiger partial charge in [0, 0.05) is 49.9 Å². The van der Waals surface area contributed by atoms with Crippen LogP contribution >= 0.6 is 0 Å². The summed E-state index contributed by atoms with van der Waals surface area (Å²) in [5.74, 6) is -0.250. The molecule has 1 fully saturated rings. The van der Waals surface area contributed by atoms with E-state index in [4.69, 9.17) is 0 Å². The highest BCUT2D eigenvalue weighted by Crippen LogP contribution is 2.26. The minimum Gasteiger partial charge on any atom is -0.335 e. The lowest BCUT2D eigenvalue weighted by molar-refractivity contribution is -0.385. The molecule has 1 aliphatic heterocycles. The Kier molecular flexibility index (Phi) is 5.42. The number of nitrogens with zero attached hydrogens (tertiary/aromatic N) is 4. The molecule has 1 saturated heterocycles. The van der Waals surface area contributed by atoms with Gasteiger partial charge >= 0.3 is 0 Å². The number of aryl methyl sites for hydroxylation is 1. The van der Waals surface area contributed by atoms with Crippen molar-refractivity contribution in [2.24, 2.45) is 0 Å². The van der Waals surface area contributed by atoms with E-state index in [-0.39, 0.29) is 42.7 Å². The standard InChI is InChI=1S/C21H20N4O5S/c1-15-6-7-17(25(27)28)14-19(15)31(29,30)24-12-10-23(11-13-24)21(26)20-18-5-3-2-4-16(18)8-9-22-20/h2-9,14H,10-13H2,1H3. The average molecular weight is 440 g/mol. The molecule has 4 rings (SSSR count). The van der Waals surface area contributed by atoms with E-state index < -0.39 is 14.9 Å². The summed E-state index contributed by atoms with van der Waals surface area (Å²) in [5, 5.41) is 12.7. The molecule has 2 heterocycles. The first-order valence-electron chi connectivity index (χ1n) is 9.67. The van der Waals surface area contributed by atoms with Crippen LogP contribution < -0.4 is 0 Å². The maximum atomic E-state index is 13.1. The second-order valence-corrected chi connectivity index (χ2v) is 9.19. The van der Waals surface area contributed by atoms with Crippen LogP contribution in [0.15, 0.2) is 59.6 Å². The molecule has 160 valence electrons. The van der Waals surface area contributed by atoms with E-state index in [0.717, 1.165) is 16.8 Å². The summed E-state index contributed by atoms with van der Waals surface area (Å²) in [4.78, 5) is 29.2. The van der Waals surface area contributed by atoms with Crippen molar-refractivity contribution >= 4 is 32.4 Å². The number of benzene rings is 2. The summed E-state index contributed by atoms with van der Waals surface area (Å²) in [6.45, 7) is 2.21. The number of sulfonamides is 1. The number of nitro groups is 1. The number of nitro benzene ring substituents is 1. The molecular weight excluding hydrogens is 420 g/mol. The van der Waals surface area contributed by atoms with Gasteiger partial charge in [0.1, 0.15) is 5.69 Å². The Morgan fingerprint density at radius 3 is 2.48 bits per heavy atom. The largest absolute Gasteiger partial charge is 0.335 e. The molecule has 0 N–H and O–H groups in total. The van der Waals surface area contributed by atoms with Gasteiger partial charge in [-0.25, -0.2) is 8.42 Å². The molecule has 0 aliphatic carbocycles. The number of aromatic nitrogens is 1. The van der Waals surface area contributed by atoms with Crippen molar-refractivity contribution in [3.05, 3.63) is 76.1 Å². The lowest BCUT2D eigenvalue weighted by Crippen LogP contribution is -2.50. The van der Waals surface area contributed by atoms with Crippen molar-refractivity contribution in [2.75, 3.05) is 26.2 Å². The lowest BCUT2D eigenvalue weighted by atomic mass is 10.1. The molecule has 31 heavy (non-hydrogen) atoms. The molecule has 0 bridgehead atoms. The third kappa shape index (κ3) is 3.87. The van der Waals surface area contributed by atoms with E-state index in [0.29, 0.717) is 11.3 Å². The fourth-order valence-electron chi connectivity index (χ4n) is 3.69. The van der Waals surface area contributed by atoms with Gasteiger partial charge in [-0.15, -0.1) is 0 Å². The van der Waals surface area contributed by atoms with Crippen molar-refractivity contribution in [2.45, 2.75) is 11.8 Å². The molecule has 1 amide bonds. The molecule has 2 aromatic carbocycles. The fraction of sp³-hybridized carbons (Fsp3) is 0.238. The van der Waals surface area contributed by atoms with Crippen LogP contribution in [0.4, 0.5) is 5.69 Å². The number of piperazine rings is 1. The van der Waals surface area contributed by atoms with Gasteiger partial charge in [0.2, 0.25) is 10.0 Å². The zero-order valence-electron chi connectivity index (χ0n) is 16.8. The third-order valence-electron chi connectivity index (χ3n) is 5.40. The molecule has 1 aliphatic rings. The summed E-state index contributed by atoms with van der Waals surface area (Å²) in [6, 6.07) is 13.1. The molecule has 0 saturated carbocycles. The van der Waals surface area contributed by atoms with Crippen molar-refractivity contribution in [1.82, 2.24) is 14.2 Å². The average Bonchev–Trinajstić information content (AvgIpc) is 2.78. The monoisotopic (exact) mass is 440 g/mol. The Morgan fingerprint density at radius 2 is 1.77 bits per heavy atom. The maximum Gasteiger partial charge on any atom is 0.273 e. The van der Waals surface area contributed by atoms with E-state index in [1.165, 1.54) is 16.4 Å². The topological polar surface area (TPSA) is 114 Å². The first-order chi connectivity index (χ1) is 14.8. The molecule has 3 aromatic rings. The number of amides is 1. The van der Waals surface area contributed by atoms with Crippen LogP contribution in [0.3, 0.4) is 0 Å². The number of pyridine rings is 1. The minimum atomic E-state index is -3.92. The summed E-state index contributed by atoms with van der Waals surface area (Å²) in [7, 11) is -3.92. The van der Waals surface area contributed by atoms with Gasteiger partial charge in [-0.05, 0) is 23.9 Å². The SMILES string of the molecule is Cc1ccc([N+](=O)[O-])cc1S(=O)(=O)N1CCN(C(=O)c2nccc3ccccc23)CC1. The normalized spacial score (nSPS) is 15.2. The second kappa shape index (κ2) is 8.05. The van der Waals surface area contributed by atoms with Gasteiger partial charge in [-0.2, -0.15) is 4.31 Å². The molecular formula is C21H20N4O5S. The van der Waals surface area contributed by atoms with E-state index in [1.807, 2.05) is 30.3 Å². The van der Waals surface area contributed by atoms with Crippen LogP contribution in [0.25, 0.3) is 10.8 Å². The van der Waals surface area contributed by atoms with Crippen LogP contribution in [-0.4, -0.2) is 59.6 Å². The van der Waals surface area contributed by atoms with E-state index in [2.05, 4.69) is 4.98 Å². The Labute approximate surface area is 179 Å². The number of hydrogen-bond donors (Lipinski definition) is 0. The number of non-ortho nitro benzene ring substituents is 1. The summed E-state index contributed by atoms with van der Waals surface area (Å²) in [6.07, 6.45) is 1.58. The second-order valence-electron chi connectivity index (χ2n) is 7.28.